The largest absolute Gasteiger partial charge is 0.497 e. The van der Waals surface area contributed by atoms with Gasteiger partial charge in [0, 0.05) is 11.1 Å². The summed E-state index contributed by atoms with van der Waals surface area (Å²) in [4.78, 5) is 16.6. The van der Waals surface area contributed by atoms with Gasteiger partial charge in [0.2, 0.25) is 11.7 Å². The lowest BCUT2D eigenvalue weighted by Crippen LogP contribution is -2.22. The molecule has 2 aromatic carbocycles. The van der Waals surface area contributed by atoms with E-state index in [0.29, 0.717) is 34.7 Å². The van der Waals surface area contributed by atoms with Crippen molar-refractivity contribution in [3.05, 3.63) is 58.9 Å². The van der Waals surface area contributed by atoms with Gasteiger partial charge in [0.25, 0.3) is 5.91 Å². The third-order valence-corrected chi connectivity index (χ3v) is 4.01. The van der Waals surface area contributed by atoms with Crippen molar-refractivity contribution >= 4 is 17.5 Å². The summed E-state index contributed by atoms with van der Waals surface area (Å²) >= 11 is 6.11. The number of amides is 1. The Balaban J connectivity index is 1.62. The first kappa shape index (κ1) is 18.7. The molecular formula is C19H18ClN3O4. The van der Waals surface area contributed by atoms with E-state index >= 15 is 0 Å². The van der Waals surface area contributed by atoms with Crippen molar-refractivity contribution in [3.63, 3.8) is 0 Å². The van der Waals surface area contributed by atoms with Gasteiger partial charge in [-0.3, -0.25) is 4.79 Å². The van der Waals surface area contributed by atoms with Gasteiger partial charge in [-0.1, -0.05) is 16.8 Å². The number of nitrogens with zero attached hydrogens (tertiary/aromatic N) is 2. The molecule has 140 valence electrons. The maximum Gasteiger partial charge on any atom is 0.251 e. The summed E-state index contributed by atoms with van der Waals surface area (Å²) in [7, 11) is 1.60. The highest BCUT2D eigenvalue weighted by Gasteiger charge is 2.12. The van der Waals surface area contributed by atoms with Crippen LogP contribution >= 0.6 is 11.6 Å². The molecule has 0 radical (unpaired) electrons. The van der Waals surface area contributed by atoms with E-state index < -0.39 is 0 Å². The monoisotopic (exact) mass is 387 g/mol. The van der Waals surface area contributed by atoms with Crippen LogP contribution in [-0.4, -0.2) is 29.8 Å². The average Bonchev–Trinajstić information content (AvgIpc) is 3.17. The Morgan fingerprint density at radius 2 is 2.00 bits per heavy atom. The molecule has 0 aliphatic rings. The zero-order valence-corrected chi connectivity index (χ0v) is 15.6. The summed E-state index contributed by atoms with van der Waals surface area (Å²) in [5.74, 6) is 1.71. The molecule has 7 nitrogen and oxygen atoms in total. The lowest BCUT2D eigenvalue weighted by molar-refractivity contribution is 0.0946. The number of benzene rings is 2. The van der Waals surface area contributed by atoms with Crippen molar-refractivity contribution in [2.24, 2.45) is 0 Å². The molecule has 0 atom stereocenters. The summed E-state index contributed by atoms with van der Waals surface area (Å²) < 4.78 is 15.7. The molecule has 3 aromatic rings. The van der Waals surface area contributed by atoms with Gasteiger partial charge in [-0.15, -0.1) is 0 Å². The third kappa shape index (κ3) is 4.57. The van der Waals surface area contributed by atoms with E-state index in [1.807, 2.05) is 31.2 Å². The van der Waals surface area contributed by atoms with Crippen molar-refractivity contribution in [1.82, 2.24) is 15.5 Å². The molecule has 8 heteroatoms. The molecule has 0 spiro atoms. The van der Waals surface area contributed by atoms with Crippen molar-refractivity contribution in [2.75, 3.05) is 13.7 Å². The Labute approximate surface area is 161 Å². The van der Waals surface area contributed by atoms with E-state index in [2.05, 4.69) is 15.5 Å². The zero-order valence-electron chi connectivity index (χ0n) is 14.9. The number of rotatable bonds is 7. The minimum absolute atomic E-state index is 0.104. The molecule has 1 heterocycles. The van der Waals surface area contributed by atoms with Crippen molar-refractivity contribution in [1.29, 1.82) is 0 Å². The normalized spacial score (nSPS) is 10.5. The third-order valence-electron chi connectivity index (χ3n) is 3.71. The summed E-state index contributed by atoms with van der Waals surface area (Å²) in [5, 5.41) is 7.02. The molecule has 1 aromatic heterocycles. The van der Waals surface area contributed by atoms with E-state index in [1.54, 1.807) is 25.3 Å². The highest BCUT2D eigenvalue weighted by Crippen LogP contribution is 2.25. The van der Waals surface area contributed by atoms with Crippen molar-refractivity contribution < 1.29 is 18.8 Å². The molecule has 0 aliphatic carbocycles. The molecule has 27 heavy (non-hydrogen) atoms. The number of carbonyl (C=O) groups excluding carboxylic acids is 1. The van der Waals surface area contributed by atoms with Gasteiger partial charge in [-0.25, -0.2) is 0 Å². The summed E-state index contributed by atoms with van der Waals surface area (Å²) in [6, 6.07) is 12.1. The Bertz CT molecular complexity index is 925. The van der Waals surface area contributed by atoms with Crippen LogP contribution in [0.5, 0.6) is 11.5 Å². The van der Waals surface area contributed by atoms with Crippen LogP contribution in [0.15, 0.2) is 47.0 Å². The molecule has 1 N–H and O–H groups in total. The van der Waals surface area contributed by atoms with Gasteiger partial charge >= 0.3 is 0 Å². The fourth-order valence-corrected chi connectivity index (χ4v) is 2.59. The Morgan fingerprint density at radius 1 is 1.22 bits per heavy atom. The minimum Gasteiger partial charge on any atom is -0.497 e. The molecule has 3 rings (SSSR count). The first-order valence-corrected chi connectivity index (χ1v) is 8.66. The predicted molar refractivity (Wildman–Crippen MR) is 100 cm³/mol. The molecule has 0 bridgehead atoms. The van der Waals surface area contributed by atoms with E-state index in [-0.39, 0.29) is 12.5 Å². The van der Waals surface area contributed by atoms with Crippen LogP contribution in [-0.2, 0) is 6.54 Å². The van der Waals surface area contributed by atoms with Crippen LogP contribution in [0.1, 0.15) is 23.2 Å². The quantitative estimate of drug-likeness (QED) is 0.664. The number of carbonyl (C=O) groups is 1. The zero-order chi connectivity index (χ0) is 19.2. The summed E-state index contributed by atoms with van der Waals surface area (Å²) in [5.41, 5.74) is 1.20. The van der Waals surface area contributed by atoms with E-state index in [1.165, 1.54) is 0 Å². The number of aromatic nitrogens is 2. The molecule has 1 amide bonds. The lowest BCUT2D eigenvalue weighted by Gasteiger charge is -2.07. The van der Waals surface area contributed by atoms with E-state index in [9.17, 15) is 4.79 Å². The maximum absolute atomic E-state index is 12.3. The molecular weight excluding hydrogens is 370 g/mol. The minimum atomic E-state index is -0.302. The van der Waals surface area contributed by atoms with Gasteiger partial charge < -0.3 is 19.3 Å². The Kier molecular flexibility index (Phi) is 5.93. The summed E-state index contributed by atoms with van der Waals surface area (Å²) in [6.45, 7) is 2.47. The molecule has 0 saturated heterocycles. The van der Waals surface area contributed by atoms with Crippen LogP contribution in [0.3, 0.4) is 0 Å². The van der Waals surface area contributed by atoms with E-state index in [0.717, 1.165) is 11.3 Å². The second-order valence-corrected chi connectivity index (χ2v) is 5.91. The van der Waals surface area contributed by atoms with Crippen LogP contribution in [0, 0.1) is 0 Å². The second kappa shape index (κ2) is 8.55. The first-order valence-electron chi connectivity index (χ1n) is 8.28. The predicted octanol–water partition coefficient (Wildman–Crippen LogP) is 3.73. The number of halogens is 1. The van der Waals surface area contributed by atoms with Crippen LogP contribution in [0.25, 0.3) is 11.4 Å². The smallest absolute Gasteiger partial charge is 0.251 e. The lowest BCUT2D eigenvalue weighted by atomic mass is 10.2. The maximum atomic E-state index is 12.3. The van der Waals surface area contributed by atoms with Crippen molar-refractivity contribution in [2.45, 2.75) is 13.5 Å². The van der Waals surface area contributed by atoms with Gasteiger partial charge in [0.05, 0.1) is 25.3 Å². The number of methoxy groups -OCH3 is 1. The average molecular weight is 388 g/mol. The summed E-state index contributed by atoms with van der Waals surface area (Å²) in [6.07, 6.45) is 0. The topological polar surface area (TPSA) is 86.5 Å². The van der Waals surface area contributed by atoms with Crippen LogP contribution in [0.4, 0.5) is 0 Å². The Hall–Kier alpha value is -3.06. The standard InChI is InChI=1S/C19H18ClN3O4/c1-3-26-16-9-6-13(10-15(16)20)19(24)21-11-17-22-18(23-27-17)12-4-7-14(25-2)8-5-12/h4-10H,3,11H2,1-2H3,(H,21,24). The van der Waals surface area contributed by atoms with Gasteiger partial charge in [0.15, 0.2) is 0 Å². The number of nitrogens with one attached hydrogen (secondary N) is 1. The molecule has 0 fully saturated rings. The SMILES string of the molecule is CCOc1ccc(C(=O)NCc2nc(-c3ccc(OC)cc3)no2)cc1Cl. The highest BCUT2D eigenvalue weighted by atomic mass is 35.5. The van der Waals surface area contributed by atoms with E-state index in [4.69, 9.17) is 25.6 Å². The number of ether oxygens (including phenoxy) is 2. The van der Waals surface area contributed by atoms with Crippen LogP contribution in [0.2, 0.25) is 5.02 Å². The molecule has 0 saturated carbocycles. The van der Waals surface area contributed by atoms with Crippen molar-refractivity contribution in [3.8, 4) is 22.9 Å². The number of hydrogen-bond acceptors (Lipinski definition) is 6. The van der Waals surface area contributed by atoms with Gasteiger partial charge in [-0.2, -0.15) is 4.98 Å². The first-order chi connectivity index (χ1) is 13.1. The fraction of sp³-hybridized carbons (Fsp3) is 0.211. The highest BCUT2D eigenvalue weighted by molar-refractivity contribution is 6.32. The van der Waals surface area contributed by atoms with Gasteiger partial charge in [-0.05, 0) is 49.4 Å². The van der Waals surface area contributed by atoms with Gasteiger partial charge in [0.1, 0.15) is 11.5 Å². The fourth-order valence-electron chi connectivity index (χ4n) is 2.36. The number of hydrogen-bond donors (Lipinski definition) is 1. The van der Waals surface area contributed by atoms with Crippen LogP contribution < -0.4 is 14.8 Å². The molecule has 0 unspecified atom stereocenters. The molecule has 0 aliphatic heterocycles. The Morgan fingerprint density at radius 3 is 2.67 bits per heavy atom. The second-order valence-electron chi connectivity index (χ2n) is 5.50.